The summed E-state index contributed by atoms with van der Waals surface area (Å²) in [5.41, 5.74) is 2.08. The van der Waals surface area contributed by atoms with Crippen molar-refractivity contribution in [2.75, 3.05) is 10.0 Å². The minimum absolute atomic E-state index is 0.265. The first-order chi connectivity index (χ1) is 12.6. The smallest absolute Gasteiger partial charge is 0.271 e. The van der Waals surface area contributed by atoms with Gasteiger partial charge in [-0.1, -0.05) is 24.3 Å². The highest BCUT2D eigenvalue weighted by atomic mass is 32.2. The van der Waals surface area contributed by atoms with Crippen molar-refractivity contribution in [2.45, 2.75) is 4.21 Å². The number of nitrogens with one attached hydrogen (secondary N) is 2. The van der Waals surface area contributed by atoms with Gasteiger partial charge < -0.3 is 5.32 Å². The predicted molar refractivity (Wildman–Crippen MR) is 104 cm³/mol. The average molecular weight is 382 g/mol. The van der Waals surface area contributed by atoms with Crippen LogP contribution in [0.1, 0.15) is 0 Å². The predicted octanol–water partition coefficient (Wildman–Crippen LogP) is 4.24. The first kappa shape index (κ1) is 16.5. The molecular formula is C18H14N4O2S2. The summed E-state index contributed by atoms with van der Waals surface area (Å²) in [6.07, 6.45) is 3.22. The number of pyridine rings is 2. The summed E-state index contributed by atoms with van der Waals surface area (Å²) in [6, 6.07) is 16.4. The Morgan fingerprint density at radius 2 is 1.81 bits per heavy atom. The number of aromatic nitrogens is 2. The van der Waals surface area contributed by atoms with Gasteiger partial charge in [0.25, 0.3) is 10.0 Å². The van der Waals surface area contributed by atoms with E-state index in [2.05, 4.69) is 20.0 Å². The fourth-order valence-corrected chi connectivity index (χ4v) is 4.53. The van der Waals surface area contributed by atoms with Crippen molar-refractivity contribution in [3.05, 3.63) is 72.4 Å². The number of nitrogens with zero attached hydrogens (tertiary/aromatic N) is 2. The first-order valence-corrected chi connectivity index (χ1v) is 10.1. The van der Waals surface area contributed by atoms with Crippen molar-refractivity contribution in [2.24, 2.45) is 0 Å². The van der Waals surface area contributed by atoms with Gasteiger partial charge in [0.15, 0.2) is 0 Å². The lowest BCUT2D eigenvalue weighted by Gasteiger charge is -2.10. The van der Waals surface area contributed by atoms with E-state index in [-0.39, 0.29) is 4.21 Å². The maximum Gasteiger partial charge on any atom is 0.271 e. The molecule has 3 aromatic heterocycles. The van der Waals surface area contributed by atoms with Gasteiger partial charge in [0, 0.05) is 11.6 Å². The third-order valence-electron chi connectivity index (χ3n) is 3.67. The summed E-state index contributed by atoms with van der Waals surface area (Å²) in [5, 5.41) is 5.96. The maximum atomic E-state index is 12.2. The molecule has 4 rings (SSSR count). The first-order valence-electron chi connectivity index (χ1n) is 7.75. The minimum atomic E-state index is -3.57. The molecule has 0 saturated carbocycles. The van der Waals surface area contributed by atoms with Crippen molar-refractivity contribution in [1.29, 1.82) is 0 Å². The molecular weight excluding hydrogens is 368 g/mol. The fraction of sp³-hybridized carbons (Fsp3) is 0. The van der Waals surface area contributed by atoms with Gasteiger partial charge in [-0.3, -0.25) is 9.71 Å². The van der Waals surface area contributed by atoms with E-state index in [0.29, 0.717) is 11.5 Å². The van der Waals surface area contributed by atoms with Crippen LogP contribution in [0.4, 0.5) is 17.2 Å². The standard InChI is InChI=1S/C18H14N4O2S2/c23-26(24,17-7-3-11-25-17)22-14-8-9-16(20-12-14)21-15-6-1-4-13-5-2-10-19-18(13)15/h1-12,22H,(H,20,21). The molecule has 4 aromatic rings. The Hall–Kier alpha value is -2.97. The highest BCUT2D eigenvalue weighted by molar-refractivity contribution is 7.94. The Bertz CT molecular complexity index is 1140. The number of hydrogen-bond donors (Lipinski definition) is 2. The number of anilines is 3. The normalized spacial score (nSPS) is 11.4. The lowest BCUT2D eigenvalue weighted by molar-refractivity contribution is 0.603. The number of benzene rings is 1. The molecule has 0 aliphatic heterocycles. The molecule has 0 saturated heterocycles. The number of para-hydroxylation sites is 1. The molecule has 0 spiro atoms. The van der Waals surface area contributed by atoms with Crippen LogP contribution in [-0.2, 0) is 10.0 Å². The summed E-state index contributed by atoms with van der Waals surface area (Å²) in [6.45, 7) is 0. The van der Waals surface area contributed by atoms with E-state index in [4.69, 9.17) is 0 Å². The lowest BCUT2D eigenvalue weighted by atomic mass is 10.2. The Morgan fingerprint density at radius 1 is 0.923 bits per heavy atom. The monoisotopic (exact) mass is 382 g/mol. The SMILES string of the molecule is O=S(=O)(Nc1ccc(Nc2cccc3cccnc23)nc1)c1cccs1. The molecule has 0 atom stereocenters. The molecule has 0 unspecified atom stereocenters. The zero-order valence-electron chi connectivity index (χ0n) is 13.5. The largest absolute Gasteiger partial charge is 0.338 e. The van der Waals surface area contributed by atoms with Crippen LogP contribution in [0.25, 0.3) is 10.9 Å². The van der Waals surface area contributed by atoms with E-state index in [0.717, 1.165) is 27.9 Å². The number of hydrogen-bond acceptors (Lipinski definition) is 6. The van der Waals surface area contributed by atoms with Crippen LogP contribution in [-0.4, -0.2) is 18.4 Å². The highest BCUT2D eigenvalue weighted by Gasteiger charge is 2.15. The van der Waals surface area contributed by atoms with Gasteiger partial charge >= 0.3 is 0 Å². The zero-order chi connectivity index (χ0) is 18.0. The second kappa shape index (κ2) is 6.74. The molecule has 8 heteroatoms. The van der Waals surface area contributed by atoms with Crippen LogP contribution in [0.2, 0.25) is 0 Å². The van der Waals surface area contributed by atoms with E-state index in [1.54, 1.807) is 35.8 Å². The van der Waals surface area contributed by atoms with Gasteiger partial charge in [-0.05, 0) is 35.7 Å². The van der Waals surface area contributed by atoms with Crippen LogP contribution >= 0.6 is 11.3 Å². The van der Waals surface area contributed by atoms with Gasteiger partial charge in [-0.2, -0.15) is 0 Å². The minimum Gasteiger partial charge on any atom is -0.338 e. The average Bonchev–Trinajstić information content (AvgIpc) is 3.19. The van der Waals surface area contributed by atoms with Crippen molar-refractivity contribution in [3.63, 3.8) is 0 Å². The molecule has 6 nitrogen and oxygen atoms in total. The fourth-order valence-electron chi connectivity index (χ4n) is 2.49. The molecule has 0 bridgehead atoms. The van der Waals surface area contributed by atoms with Gasteiger partial charge in [0.1, 0.15) is 10.0 Å². The molecule has 26 heavy (non-hydrogen) atoms. The summed E-state index contributed by atoms with van der Waals surface area (Å²) in [5.74, 6) is 0.599. The number of rotatable bonds is 5. The van der Waals surface area contributed by atoms with E-state index in [1.165, 1.54) is 6.20 Å². The van der Waals surface area contributed by atoms with Crippen LogP contribution in [0.5, 0.6) is 0 Å². The topological polar surface area (TPSA) is 84.0 Å². The molecule has 0 radical (unpaired) electrons. The van der Waals surface area contributed by atoms with E-state index in [1.807, 2.05) is 30.3 Å². The van der Waals surface area contributed by atoms with Crippen LogP contribution in [0.3, 0.4) is 0 Å². The highest BCUT2D eigenvalue weighted by Crippen LogP contribution is 2.25. The third-order valence-corrected chi connectivity index (χ3v) is 6.45. The molecule has 0 fully saturated rings. The Balaban J connectivity index is 1.55. The summed E-state index contributed by atoms with van der Waals surface area (Å²) >= 11 is 1.16. The molecule has 0 aliphatic rings. The molecule has 1 aromatic carbocycles. The number of sulfonamides is 1. The Kier molecular flexibility index (Phi) is 4.27. The van der Waals surface area contributed by atoms with Crippen molar-refractivity contribution in [3.8, 4) is 0 Å². The summed E-state index contributed by atoms with van der Waals surface area (Å²) in [4.78, 5) is 8.67. The molecule has 0 amide bonds. The Morgan fingerprint density at radius 3 is 2.58 bits per heavy atom. The molecule has 0 aliphatic carbocycles. The number of fused-ring (bicyclic) bond motifs is 1. The van der Waals surface area contributed by atoms with E-state index >= 15 is 0 Å². The van der Waals surface area contributed by atoms with Crippen LogP contribution in [0, 0.1) is 0 Å². The van der Waals surface area contributed by atoms with Gasteiger partial charge in [0.05, 0.1) is 23.1 Å². The van der Waals surface area contributed by atoms with Crippen LogP contribution in [0.15, 0.2) is 76.6 Å². The lowest BCUT2D eigenvalue weighted by Crippen LogP contribution is -2.11. The van der Waals surface area contributed by atoms with Crippen molar-refractivity contribution >= 4 is 49.5 Å². The third kappa shape index (κ3) is 3.37. The van der Waals surface area contributed by atoms with Crippen molar-refractivity contribution in [1.82, 2.24) is 9.97 Å². The molecule has 2 N–H and O–H groups in total. The second-order valence-corrected chi connectivity index (χ2v) is 8.33. The zero-order valence-corrected chi connectivity index (χ0v) is 15.1. The Labute approximate surface area is 154 Å². The van der Waals surface area contributed by atoms with Gasteiger partial charge in [-0.15, -0.1) is 11.3 Å². The van der Waals surface area contributed by atoms with E-state index in [9.17, 15) is 8.42 Å². The molecule has 3 heterocycles. The van der Waals surface area contributed by atoms with E-state index < -0.39 is 10.0 Å². The summed E-state index contributed by atoms with van der Waals surface area (Å²) in [7, 11) is -3.57. The van der Waals surface area contributed by atoms with Crippen molar-refractivity contribution < 1.29 is 8.42 Å². The number of thiophene rings is 1. The van der Waals surface area contributed by atoms with Gasteiger partial charge in [-0.25, -0.2) is 13.4 Å². The van der Waals surface area contributed by atoms with Gasteiger partial charge in [0.2, 0.25) is 0 Å². The second-order valence-electron chi connectivity index (χ2n) is 5.48. The van der Waals surface area contributed by atoms with Crippen LogP contribution < -0.4 is 10.0 Å². The summed E-state index contributed by atoms with van der Waals surface area (Å²) < 4.78 is 27.3. The quantitative estimate of drug-likeness (QED) is 0.539. The maximum absolute atomic E-state index is 12.2. The molecule has 130 valence electrons.